The molecule has 0 aliphatic carbocycles. The van der Waals surface area contributed by atoms with E-state index in [2.05, 4.69) is 40.2 Å². The molecular weight excluding hydrogens is 703 g/mol. The molecule has 1 heterocycles. The minimum atomic E-state index is -0.526. The van der Waals surface area contributed by atoms with Crippen molar-refractivity contribution in [3.63, 3.8) is 0 Å². The summed E-state index contributed by atoms with van der Waals surface area (Å²) in [5.41, 5.74) is 3.51. The van der Waals surface area contributed by atoms with Gasteiger partial charge in [-0.3, -0.25) is 9.59 Å². The zero-order valence-electron chi connectivity index (χ0n) is 26.9. The lowest BCUT2D eigenvalue weighted by Crippen LogP contribution is -2.21. The maximum Gasteiger partial charge on any atom is 0.282 e. The number of nitrogens with zero attached hydrogens (tertiary/aromatic N) is 3. The Balaban J connectivity index is 1.54. The van der Waals surface area contributed by atoms with Crippen molar-refractivity contribution in [2.75, 3.05) is 25.6 Å². The van der Waals surface area contributed by atoms with Crippen LogP contribution in [0.5, 0.6) is 17.2 Å². The highest BCUT2D eigenvalue weighted by Crippen LogP contribution is 2.42. The third-order valence-electron chi connectivity index (χ3n) is 7.42. The first-order chi connectivity index (χ1) is 23.0. The predicted octanol–water partition coefficient (Wildman–Crippen LogP) is 8.36. The van der Waals surface area contributed by atoms with Crippen LogP contribution in [0.1, 0.15) is 43.4 Å². The number of nitrogens with one attached hydrogen (secondary N) is 1. The highest BCUT2D eigenvalue weighted by Gasteiger charge is 2.21. The quantitative estimate of drug-likeness (QED) is 0.137. The second-order valence-electron chi connectivity index (χ2n) is 11.1. The smallest absolute Gasteiger partial charge is 0.282 e. The number of fused-ring (bicyclic) bond motifs is 1. The largest absolute Gasteiger partial charge is 0.494 e. The molecule has 1 amide bonds. The first-order valence-electron chi connectivity index (χ1n) is 15.1. The molecule has 0 aliphatic rings. The summed E-state index contributed by atoms with van der Waals surface area (Å²) < 4.78 is 32.3. The molecule has 0 bridgehead atoms. The molecule has 48 heavy (non-hydrogen) atoms. The topological polar surface area (TPSA) is 104 Å². The van der Waals surface area contributed by atoms with Crippen LogP contribution < -0.4 is 25.1 Å². The first-order valence-corrected chi connectivity index (χ1v) is 16.3. The third-order valence-corrected chi connectivity index (χ3v) is 8.86. The average Bonchev–Trinajstić information content (AvgIpc) is 3.05. The summed E-state index contributed by atoms with van der Waals surface area (Å²) in [5, 5.41) is 7.70. The Kier molecular flexibility index (Phi) is 10.8. The van der Waals surface area contributed by atoms with Gasteiger partial charge in [-0.15, -0.1) is 0 Å². The zero-order chi connectivity index (χ0) is 34.5. The number of carbonyl (C=O) groups is 1. The van der Waals surface area contributed by atoms with Gasteiger partial charge in [0.05, 0.1) is 30.8 Å². The summed E-state index contributed by atoms with van der Waals surface area (Å²) in [6.07, 6.45) is 1.47. The van der Waals surface area contributed by atoms with Gasteiger partial charge >= 0.3 is 0 Å². The number of hydrogen-bond acceptors (Lipinski definition) is 7. The SMILES string of the molecule is CCOc1cc(C)c(-c2nc3ccccc3c(=O)n2N=Cc2cc(OC)c(OCC(=O)Nc3cccc(F)c3)c(Cl)c2Br)cc1C(C)C. The third kappa shape index (κ3) is 7.37. The summed E-state index contributed by atoms with van der Waals surface area (Å²) in [4.78, 5) is 31.3. The van der Waals surface area contributed by atoms with Crippen LogP contribution in [0, 0.1) is 12.7 Å². The van der Waals surface area contributed by atoms with E-state index < -0.39 is 18.3 Å². The van der Waals surface area contributed by atoms with E-state index >= 15 is 0 Å². The molecule has 0 radical (unpaired) electrons. The van der Waals surface area contributed by atoms with Crippen LogP contribution in [0.3, 0.4) is 0 Å². The van der Waals surface area contributed by atoms with E-state index in [1.54, 1.807) is 30.3 Å². The van der Waals surface area contributed by atoms with Gasteiger partial charge in [0.1, 0.15) is 16.6 Å². The van der Waals surface area contributed by atoms with Gasteiger partial charge in [0.15, 0.2) is 23.9 Å². The Morgan fingerprint density at radius 2 is 1.88 bits per heavy atom. The summed E-state index contributed by atoms with van der Waals surface area (Å²) in [5.74, 6) is 0.603. The Hall–Kier alpha value is -4.74. The Labute approximate surface area is 290 Å². The van der Waals surface area contributed by atoms with E-state index in [0.29, 0.717) is 33.4 Å². The van der Waals surface area contributed by atoms with Crippen LogP contribution in [0.4, 0.5) is 10.1 Å². The number of benzene rings is 4. The van der Waals surface area contributed by atoms with Crippen molar-refractivity contribution in [2.24, 2.45) is 5.10 Å². The summed E-state index contributed by atoms with van der Waals surface area (Å²) >= 11 is 10.2. The second-order valence-corrected chi connectivity index (χ2v) is 12.3. The standard InChI is InChI=1S/C36H33BrClFN4O5/c1-6-47-29-14-21(4)27(17-26(29)20(2)3)35-42-28-13-8-7-12-25(28)36(45)43(35)40-18-22-15-30(46-5)34(33(38)32(22)37)48-19-31(44)41-24-11-9-10-23(39)16-24/h7-18,20H,6,19H2,1-5H3,(H,41,44). The van der Waals surface area contributed by atoms with Gasteiger partial charge in [0, 0.05) is 21.3 Å². The highest BCUT2D eigenvalue weighted by atomic mass is 79.9. The fourth-order valence-electron chi connectivity index (χ4n) is 5.08. The molecule has 9 nitrogen and oxygen atoms in total. The Bertz CT molecular complexity index is 2100. The number of para-hydroxylation sites is 1. The van der Waals surface area contributed by atoms with Crippen LogP contribution in [0.25, 0.3) is 22.3 Å². The molecule has 4 aromatic carbocycles. The lowest BCUT2D eigenvalue weighted by atomic mass is 9.96. The maximum atomic E-state index is 13.9. The molecule has 0 unspecified atom stereocenters. The molecule has 0 saturated carbocycles. The molecule has 5 rings (SSSR count). The van der Waals surface area contributed by atoms with E-state index in [4.69, 9.17) is 30.8 Å². The number of hydrogen-bond donors (Lipinski definition) is 1. The van der Waals surface area contributed by atoms with E-state index in [9.17, 15) is 14.0 Å². The second kappa shape index (κ2) is 15.0. The number of halogens is 3. The number of carbonyl (C=O) groups excluding carboxylic acids is 1. The minimum Gasteiger partial charge on any atom is -0.494 e. The first kappa shape index (κ1) is 34.6. The van der Waals surface area contributed by atoms with Crippen LogP contribution >= 0.6 is 27.5 Å². The maximum absolute atomic E-state index is 13.9. The molecule has 0 saturated heterocycles. The number of aromatic nitrogens is 2. The van der Waals surface area contributed by atoms with Crippen molar-refractivity contribution < 1.29 is 23.4 Å². The van der Waals surface area contributed by atoms with E-state index in [1.165, 1.54) is 36.2 Å². The fraction of sp³-hybridized carbons (Fsp3) is 0.222. The zero-order valence-corrected chi connectivity index (χ0v) is 29.3. The molecule has 248 valence electrons. The van der Waals surface area contributed by atoms with Gasteiger partial charge in [-0.1, -0.05) is 43.6 Å². The van der Waals surface area contributed by atoms with Crippen LogP contribution in [0.2, 0.25) is 5.02 Å². The monoisotopic (exact) mass is 734 g/mol. The van der Waals surface area contributed by atoms with Crippen LogP contribution in [0.15, 0.2) is 81.1 Å². The van der Waals surface area contributed by atoms with E-state index in [1.807, 2.05) is 32.0 Å². The van der Waals surface area contributed by atoms with Crippen LogP contribution in [-0.2, 0) is 4.79 Å². The molecule has 0 fully saturated rings. The molecule has 12 heteroatoms. The van der Waals surface area contributed by atoms with E-state index in [-0.39, 0.29) is 33.7 Å². The van der Waals surface area contributed by atoms with Gasteiger partial charge in [-0.25, -0.2) is 9.37 Å². The number of ether oxygens (including phenoxy) is 3. The van der Waals surface area contributed by atoms with Gasteiger partial charge < -0.3 is 19.5 Å². The van der Waals surface area contributed by atoms with Crippen molar-refractivity contribution in [2.45, 2.75) is 33.6 Å². The van der Waals surface area contributed by atoms with Crippen molar-refractivity contribution in [3.8, 4) is 28.6 Å². The molecule has 0 spiro atoms. The number of rotatable bonds is 11. The molecule has 1 N–H and O–H groups in total. The van der Waals surface area contributed by atoms with Gasteiger partial charge in [0.2, 0.25) is 0 Å². The molecule has 1 aromatic heterocycles. The number of amides is 1. The minimum absolute atomic E-state index is 0.106. The van der Waals surface area contributed by atoms with Gasteiger partial charge in [-0.2, -0.15) is 9.78 Å². The summed E-state index contributed by atoms with van der Waals surface area (Å²) in [6, 6.07) is 18.2. The van der Waals surface area contributed by atoms with Crippen molar-refractivity contribution in [3.05, 3.63) is 109 Å². The molecule has 5 aromatic rings. The van der Waals surface area contributed by atoms with Gasteiger partial charge in [0.25, 0.3) is 11.5 Å². The van der Waals surface area contributed by atoms with Crippen molar-refractivity contribution in [1.82, 2.24) is 9.66 Å². The van der Waals surface area contributed by atoms with Crippen molar-refractivity contribution >= 4 is 56.2 Å². The average molecular weight is 736 g/mol. The fourth-order valence-corrected chi connectivity index (χ4v) is 5.74. The lowest BCUT2D eigenvalue weighted by molar-refractivity contribution is -0.118. The normalized spacial score (nSPS) is 11.4. The molecule has 0 aliphatic heterocycles. The summed E-state index contributed by atoms with van der Waals surface area (Å²) in [7, 11) is 1.43. The highest BCUT2D eigenvalue weighted by molar-refractivity contribution is 9.10. The Morgan fingerprint density at radius 3 is 2.58 bits per heavy atom. The molecule has 0 atom stereocenters. The number of aryl methyl sites for hydroxylation is 1. The number of anilines is 1. The van der Waals surface area contributed by atoms with E-state index in [0.717, 1.165) is 22.4 Å². The Morgan fingerprint density at radius 1 is 1.10 bits per heavy atom. The van der Waals surface area contributed by atoms with Crippen molar-refractivity contribution in [1.29, 1.82) is 0 Å². The molecular formula is C36H33BrClFN4O5. The summed E-state index contributed by atoms with van der Waals surface area (Å²) in [6.45, 7) is 8.14. The van der Waals surface area contributed by atoms with Gasteiger partial charge in [-0.05, 0) is 95.4 Å². The number of methoxy groups -OCH3 is 1. The van der Waals surface area contributed by atoms with Crippen LogP contribution in [-0.4, -0.2) is 42.1 Å². The lowest BCUT2D eigenvalue weighted by Gasteiger charge is -2.18. The predicted molar refractivity (Wildman–Crippen MR) is 191 cm³/mol.